The van der Waals surface area contributed by atoms with Crippen LogP contribution in [0.15, 0.2) is 47.4 Å². The Morgan fingerprint density at radius 3 is 2.90 bits per heavy atom. The molecule has 29 heavy (non-hydrogen) atoms. The molecule has 8 nitrogen and oxygen atoms in total. The van der Waals surface area contributed by atoms with Crippen LogP contribution in [0.1, 0.15) is 29.8 Å². The molecule has 0 saturated carbocycles. The van der Waals surface area contributed by atoms with Crippen molar-refractivity contribution in [2.24, 2.45) is 7.05 Å². The molecule has 1 aliphatic rings. The van der Waals surface area contributed by atoms with E-state index in [0.717, 1.165) is 43.3 Å². The van der Waals surface area contributed by atoms with E-state index in [2.05, 4.69) is 20.4 Å². The number of carbonyl (C=O) groups excluding carboxylic acids is 1. The minimum absolute atomic E-state index is 0.0867. The van der Waals surface area contributed by atoms with Gasteiger partial charge in [0.15, 0.2) is 5.69 Å². The van der Waals surface area contributed by atoms with Crippen molar-refractivity contribution in [2.45, 2.75) is 31.8 Å². The second-order valence-electron chi connectivity index (χ2n) is 7.47. The molecule has 1 amide bonds. The number of aromatic nitrogens is 4. The van der Waals surface area contributed by atoms with Crippen molar-refractivity contribution in [3.63, 3.8) is 0 Å². The van der Waals surface area contributed by atoms with Crippen LogP contribution < -0.4 is 10.9 Å². The fourth-order valence-corrected chi connectivity index (χ4v) is 4.04. The van der Waals surface area contributed by atoms with E-state index in [1.54, 1.807) is 16.9 Å². The largest absolute Gasteiger partial charge is 0.349 e. The van der Waals surface area contributed by atoms with Gasteiger partial charge in [0.1, 0.15) is 0 Å². The molecule has 4 rings (SSSR count). The van der Waals surface area contributed by atoms with E-state index in [9.17, 15) is 9.59 Å². The van der Waals surface area contributed by atoms with E-state index >= 15 is 0 Å². The predicted octanol–water partition coefficient (Wildman–Crippen LogP) is 1.41. The summed E-state index contributed by atoms with van der Waals surface area (Å²) < 4.78 is 3.23. The van der Waals surface area contributed by atoms with Gasteiger partial charge in [-0.3, -0.25) is 19.2 Å². The number of hydrogen-bond acceptors (Lipinski definition) is 5. The monoisotopic (exact) mass is 394 g/mol. The summed E-state index contributed by atoms with van der Waals surface area (Å²) in [4.78, 5) is 27.0. The maximum Gasteiger partial charge on any atom is 0.272 e. The molecule has 1 aliphatic heterocycles. The highest BCUT2D eigenvalue weighted by Crippen LogP contribution is 2.19. The first kappa shape index (κ1) is 19.3. The number of piperidine rings is 1. The number of fused-ring (bicyclic) bond motifs is 1. The normalized spacial score (nSPS) is 17.5. The van der Waals surface area contributed by atoms with Gasteiger partial charge in [-0.05, 0) is 31.5 Å². The number of benzene rings is 1. The van der Waals surface area contributed by atoms with Crippen molar-refractivity contribution in [1.29, 1.82) is 0 Å². The lowest BCUT2D eigenvalue weighted by atomic mass is 10.0. The van der Waals surface area contributed by atoms with Gasteiger partial charge in [-0.2, -0.15) is 10.2 Å². The molecular formula is C21H26N6O2. The number of hydrogen-bond donors (Lipinski definition) is 1. The Morgan fingerprint density at radius 1 is 1.17 bits per heavy atom. The third kappa shape index (κ3) is 4.22. The number of aryl methyl sites for hydroxylation is 1. The van der Waals surface area contributed by atoms with Gasteiger partial charge < -0.3 is 5.32 Å². The Labute approximate surface area is 169 Å². The zero-order valence-corrected chi connectivity index (χ0v) is 16.6. The summed E-state index contributed by atoms with van der Waals surface area (Å²) in [6.07, 6.45) is 4.94. The van der Waals surface area contributed by atoms with Crippen LogP contribution in [-0.2, 0) is 13.6 Å². The third-order valence-electron chi connectivity index (χ3n) is 5.60. The van der Waals surface area contributed by atoms with Crippen LogP contribution >= 0.6 is 0 Å². The van der Waals surface area contributed by atoms with E-state index in [0.29, 0.717) is 18.8 Å². The van der Waals surface area contributed by atoms with Gasteiger partial charge in [0.05, 0.1) is 12.1 Å². The van der Waals surface area contributed by atoms with Crippen molar-refractivity contribution in [1.82, 2.24) is 29.8 Å². The Balaban J connectivity index is 1.40. The van der Waals surface area contributed by atoms with Gasteiger partial charge in [-0.25, -0.2) is 4.68 Å². The van der Waals surface area contributed by atoms with E-state index in [-0.39, 0.29) is 17.5 Å². The van der Waals surface area contributed by atoms with E-state index in [4.69, 9.17) is 0 Å². The molecule has 8 heteroatoms. The van der Waals surface area contributed by atoms with Gasteiger partial charge >= 0.3 is 0 Å². The summed E-state index contributed by atoms with van der Waals surface area (Å²) in [5, 5.41) is 12.5. The zero-order chi connectivity index (χ0) is 20.2. The van der Waals surface area contributed by atoms with Crippen molar-refractivity contribution >= 4 is 16.8 Å². The molecule has 1 N–H and O–H groups in total. The van der Waals surface area contributed by atoms with E-state index in [1.807, 2.05) is 31.3 Å². The Kier molecular flexibility index (Phi) is 5.71. The summed E-state index contributed by atoms with van der Waals surface area (Å²) in [6.45, 7) is 2.83. The maximum atomic E-state index is 12.8. The van der Waals surface area contributed by atoms with Crippen LogP contribution in [0.25, 0.3) is 10.9 Å². The number of rotatable bonds is 6. The van der Waals surface area contributed by atoms with Gasteiger partial charge in [0.25, 0.3) is 11.5 Å². The number of amides is 1. The molecule has 0 radical (unpaired) electrons. The zero-order valence-electron chi connectivity index (χ0n) is 16.6. The van der Waals surface area contributed by atoms with Crippen molar-refractivity contribution in [2.75, 3.05) is 19.6 Å². The van der Waals surface area contributed by atoms with Gasteiger partial charge in [-0.1, -0.05) is 24.6 Å². The summed E-state index contributed by atoms with van der Waals surface area (Å²) in [7, 11) is 1.85. The quantitative estimate of drug-likeness (QED) is 0.683. The standard InChI is InChI=1S/C21H26N6O2/c1-25-18-9-3-2-8-17(18)20(24-25)21(29)22-15-16-7-4-5-12-26(16)13-14-27-19(28)10-6-11-23-27/h2-3,6,8-11,16H,4-5,7,12-15H2,1H3,(H,22,29). The molecule has 1 aromatic carbocycles. The topological polar surface area (TPSA) is 85.1 Å². The van der Waals surface area contributed by atoms with Crippen LogP contribution in [0.2, 0.25) is 0 Å². The summed E-state index contributed by atoms with van der Waals surface area (Å²) in [5.74, 6) is -0.145. The van der Waals surface area contributed by atoms with Crippen molar-refractivity contribution in [3.8, 4) is 0 Å². The predicted molar refractivity (Wildman–Crippen MR) is 111 cm³/mol. The average Bonchev–Trinajstić information content (AvgIpc) is 3.09. The van der Waals surface area contributed by atoms with Gasteiger partial charge in [0, 0.05) is 43.8 Å². The second-order valence-corrected chi connectivity index (χ2v) is 7.47. The lowest BCUT2D eigenvalue weighted by molar-refractivity contribution is 0.0905. The molecule has 1 fully saturated rings. The fraction of sp³-hybridized carbons (Fsp3) is 0.429. The minimum Gasteiger partial charge on any atom is -0.349 e. The molecule has 1 atom stereocenters. The first-order valence-corrected chi connectivity index (χ1v) is 10.1. The SMILES string of the molecule is Cn1nc(C(=O)NCC2CCCCN2CCn2ncccc2=O)c2ccccc21. The van der Waals surface area contributed by atoms with Crippen LogP contribution in [-0.4, -0.2) is 56.0 Å². The smallest absolute Gasteiger partial charge is 0.272 e. The number of nitrogens with one attached hydrogen (secondary N) is 1. The third-order valence-corrected chi connectivity index (χ3v) is 5.60. The first-order valence-electron chi connectivity index (χ1n) is 10.1. The Morgan fingerprint density at radius 2 is 2.03 bits per heavy atom. The molecule has 0 bridgehead atoms. The summed E-state index contributed by atoms with van der Waals surface area (Å²) in [6, 6.07) is 11.2. The lowest BCUT2D eigenvalue weighted by Crippen LogP contribution is -2.48. The Bertz CT molecular complexity index is 1060. The Hall–Kier alpha value is -3.00. The second kappa shape index (κ2) is 8.57. The molecule has 152 valence electrons. The molecule has 2 aromatic heterocycles. The summed E-state index contributed by atoms with van der Waals surface area (Å²) >= 11 is 0. The molecule has 0 aliphatic carbocycles. The van der Waals surface area contributed by atoms with Crippen molar-refractivity contribution < 1.29 is 4.79 Å². The lowest BCUT2D eigenvalue weighted by Gasteiger charge is -2.35. The molecule has 1 saturated heterocycles. The highest BCUT2D eigenvalue weighted by molar-refractivity contribution is 6.04. The molecule has 3 heterocycles. The maximum absolute atomic E-state index is 12.8. The number of nitrogens with zero attached hydrogens (tertiary/aromatic N) is 5. The van der Waals surface area contributed by atoms with E-state index < -0.39 is 0 Å². The first-order chi connectivity index (χ1) is 14.1. The molecule has 1 unspecified atom stereocenters. The van der Waals surface area contributed by atoms with Crippen LogP contribution in [0.5, 0.6) is 0 Å². The molecule has 0 spiro atoms. The highest BCUT2D eigenvalue weighted by Gasteiger charge is 2.24. The van der Waals surface area contributed by atoms with E-state index in [1.165, 1.54) is 10.7 Å². The van der Waals surface area contributed by atoms with Crippen LogP contribution in [0.3, 0.4) is 0 Å². The van der Waals surface area contributed by atoms with Crippen LogP contribution in [0.4, 0.5) is 0 Å². The number of carbonyl (C=O) groups is 1. The highest BCUT2D eigenvalue weighted by atomic mass is 16.2. The fourth-order valence-electron chi connectivity index (χ4n) is 4.04. The molecule has 3 aromatic rings. The number of para-hydroxylation sites is 1. The van der Waals surface area contributed by atoms with Gasteiger partial charge in [0.2, 0.25) is 0 Å². The average molecular weight is 394 g/mol. The van der Waals surface area contributed by atoms with Crippen LogP contribution in [0, 0.1) is 0 Å². The number of likely N-dealkylation sites (tertiary alicyclic amines) is 1. The van der Waals surface area contributed by atoms with Crippen molar-refractivity contribution in [3.05, 3.63) is 58.6 Å². The summed E-state index contributed by atoms with van der Waals surface area (Å²) in [5.41, 5.74) is 1.32. The minimum atomic E-state index is -0.145. The molecular weight excluding hydrogens is 368 g/mol. The van der Waals surface area contributed by atoms with Gasteiger partial charge in [-0.15, -0.1) is 0 Å².